The summed E-state index contributed by atoms with van der Waals surface area (Å²) < 4.78 is 16.4. The molecule has 0 spiro atoms. The fourth-order valence-electron chi connectivity index (χ4n) is 3.80. The van der Waals surface area contributed by atoms with Gasteiger partial charge in [-0.15, -0.1) is 0 Å². The van der Waals surface area contributed by atoms with Gasteiger partial charge in [-0.3, -0.25) is 4.79 Å². The Bertz CT molecular complexity index is 830. The lowest BCUT2D eigenvalue weighted by Crippen LogP contribution is -2.44. The van der Waals surface area contributed by atoms with E-state index < -0.39 is 5.97 Å². The molecule has 2 heterocycles. The SMILES string of the molecule is CCOc1ccc2oc(C(=O)OCC(=O)N3C[C@H](C)C[C@@H](C)C3)c(C)c2c1. The first kappa shape index (κ1) is 19.3. The summed E-state index contributed by atoms with van der Waals surface area (Å²) in [7, 11) is 0. The second kappa shape index (κ2) is 8.03. The van der Waals surface area contributed by atoms with Crippen LogP contribution in [0.1, 0.15) is 43.3 Å². The topological polar surface area (TPSA) is 69.0 Å². The summed E-state index contributed by atoms with van der Waals surface area (Å²) >= 11 is 0. The molecule has 6 nitrogen and oxygen atoms in total. The average Bonchev–Trinajstić information content (AvgIpc) is 2.95. The quantitative estimate of drug-likeness (QED) is 0.746. The molecule has 6 heteroatoms. The maximum Gasteiger partial charge on any atom is 0.375 e. The summed E-state index contributed by atoms with van der Waals surface area (Å²) in [4.78, 5) is 26.6. The number of esters is 1. The van der Waals surface area contributed by atoms with Crippen LogP contribution >= 0.6 is 0 Å². The van der Waals surface area contributed by atoms with Crippen LogP contribution in [-0.4, -0.2) is 43.1 Å². The lowest BCUT2D eigenvalue weighted by Gasteiger charge is -2.34. The molecule has 1 aromatic heterocycles. The third kappa shape index (κ3) is 4.26. The number of fused-ring (bicyclic) bond motifs is 1. The zero-order chi connectivity index (χ0) is 19.6. The van der Waals surface area contributed by atoms with E-state index in [0.29, 0.717) is 42.7 Å². The van der Waals surface area contributed by atoms with Gasteiger partial charge in [-0.25, -0.2) is 4.79 Å². The third-order valence-corrected chi connectivity index (χ3v) is 4.95. The number of likely N-dealkylation sites (tertiary alicyclic amines) is 1. The monoisotopic (exact) mass is 373 g/mol. The van der Waals surface area contributed by atoms with Crippen LogP contribution in [0.2, 0.25) is 0 Å². The van der Waals surface area contributed by atoms with Crippen molar-refractivity contribution in [3.05, 3.63) is 29.5 Å². The van der Waals surface area contributed by atoms with Gasteiger partial charge in [0.05, 0.1) is 6.61 Å². The molecular formula is C21H27NO5. The lowest BCUT2D eigenvalue weighted by atomic mass is 9.92. The molecule has 2 atom stereocenters. The highest BCUT2D eigenvalue weighted by Crippen LogP contribution is 2.29. The minimum Gasteiger partial charge on any atom is -0.494 e. The van der Waals surface area contributed by atoms with E-state index in [0.717, 1.165) is 17.6 Å². The summed E-state index contributed by atoms with van der Waals surface area (Å²) in [5, 5.41) is 0.804. The Morgan fingerprint density at radius 1 is 1.22 bits per heavy atom. The van der Waals surface area contributed by atoms with Crippen LogP contribution in [0.15, 0.2) is 22.6 Å². The predicted octanol–water partition coefficient (Wildman–Crippen LogP) is 3.80. The second-order valence-electron chi connectivity index (χ2n) is 7.47. The number of aryl methyl sites for hydroxylation is 1. The van der Waals surface area contributed by atoms with Crippen molar-refractivity contribution in [2.24, 2.45) is 11.8 Å². The largest absolute Gasteiger partial charge is 0.494 e. The van der Waals surface area contributed by atoms with E-state index in [-0.39, 0.29) is 18.3 Å². The van der Waals surface area contributed by atoms with Crippen molar-refractivity contribution in [1.29, 1.82) is 0 Å². The summed E-state index contributed by atoms with van der Waals surface area (Å²) in [5.41, 5.74) is 1.28. The fourth-order valence-corrected chi connectivity index (χ4v) is 3.80. The van der Waals surface area contributed by atoms with Crippen molar-refractivity contribution >= 4 is 22.8 Å². The van der Waals surface area contributed by atoms with Crippen molar-refractivity contribution in [2.45, 2.75) is 34.1 Å². The number of piperidine rings is 1. The number of nitrogens with zero attached hydrogens (tertiary/aromatic N) is 1. The van der Waals surface area contributed by atoms with Gasteiger partial charge < -0.3 is 18.8 Å². The Balaban J connectivity index is 1.67. The Morgan fingerprint density at radius 2 is 1.93 bits per heavy atom. The van der Waals surface area contributed by atoms with Crippen LogP contribution in [0, 0.1) is 18.8 Å². The van der Waals surface area contributed by atoms with Gasteiger partial charge in [0.25, 0.3) is 5.91 Å². The number of carbonyl (C=O) groups excluding carboxylic acids is 2. The molecule has 1 saturated heterocycles. The van der Waals surface area contributed by atoms with E-state index in [2.05, 4.69) is 13.8 Å². The van der Waals surface area contributed by atoms with Gasteiger partial charge in [-0.1, -0.05) is 13.8 Å². The van der Waals surface area contributed by atoms with Gasteiger partial charge in [0.2, 0.25) is 5.76 Å². The smallest absolute Gasteiger partial charge is 0.375 e. The van der Waals surface area contributed by atoms with E-state index in [1.54, 1.807) is 24.0 Å². The van der Waals surface area contributed by atoms with Gasteiger partial charge in [-0.2, -0.15) is 0 Å². The van der Waals surface area contributed by atoms with E-state index in [4.69, 9.17) is 13.9 Å². The molecule has 0 N–H and O–H groups in total. The van der Waals surface area contributed by atoms with Gasteiger partial charge in [0.1, 0.15) is 11.3 Å². The maximum absolute atomic E-state index is 12.4. The Kier molecular flexibility index (Phi) is 5.73. The first-order chi connectivity index (χ1) is 12.9. The van der Waals surface area contributed by atoms with Crippen LogP contribution in [0.4, 0.5) is 0 Å². The number of hydrogen-bond acceptors (Lipinski definition) is 5. The molecule has 1 aliphatic rings. The molecule has 1 fully saturated rings. The maximum atomic E-state index is 12.4. The Hall–Kier alpha value is -2.50. The molecule has 0 radical (unpaired) electrons. The minimum atomic E-state index is -0.617. The highest BCUT2D eigenvalue weighted by molar-refractivity contribution is 5.97. The van der Waals surface area contributed by atoms with Gasteiger partial charge >= 0.3 is 5.97 Å². The van der Waals surface area contributed by atoms with Crippen molar-refractivity contribution in [1.82, 2.24) is 4.90 Å². The molecular weight excluding hydrogens is 346 g/mol. The fraction of sp³-hybridized carbons (Fsp3) is 0.524. The summed E-state index contributed by atoms with van der Waals surface area (Å²) in [5.74, 6) is 1.00. The van der Waals surface area contributed by atoms with E-state index in [1.807, 2.05) is 13.0 Å². The Morgan fingerprint density at radius 3 is 2.59 bits per heavy atom. The number of carbonyl (C=O) groups is 2. The average molecular weight is 373 g/mol. The summed E-state index contributed by atoms with van der Waals surface area (Å²) in [6.07, 6.45) is 1.12. The minimum absolute atomic E-state index is 0.131. The normalized spacial score (nSPS) is 19.9. The zero-order valence-corrected chi connectivity index (χ0v) is 16.4. The summed E-state index contributed by atoms with van der Waals surface area (Å²) in [6, 6.07) is 5.41. The predicted molar refractivity (Wildman–Crippen MR) is 102 cm³/mol. The van der Waals surface area contributed by atoms with Crippen molar-refractivity contribution < 1.29 is 23.5 Å². The molecule has 0 saturated carbocycles. The van der Waals surface area contributed by atoms with Crippen LogP contribution < -0.4 is 4.74 Å². The number of benzene rings is 1. The first-order valence-corrected chi connectivity index (χ1v) is 9.49. The van der Waals surface area contributed by atoms with Crippen molar-refractivity contribution in [3.63, 3.8) is 0 Å². The first-order valence-electron chi connectivity index (χ1n) is 9.49. The number of furan rings is 1. The molecule has 1 amide bonds. The molecule has 2 aromatic rings. The number of hydrogen-bond donors (Lipinski definition) is 0. The van der Waals surface area contributed by atoms with Crippen LogP contribution in [0.25, 0.3) is 11.0 Å². The standard InChI is InChI=1S/C21H27NO5/c1-5-25-16-6-7-18-17(9-16)15(4)20(27-18)21(24)26-12-19(23)22-10-13(2)8-14(3)11-22/h6-7,9,13-14H,5,8,10-12H2,1-4H3/t13-,14-/m1/s1. The molecule has 0 unspecified atom stereocenters. The lowest BCUT2D eigenvalue weighted by molar-refractivity contribution is -0.137. The van der Waals surface area contributed by atoms with Crippen molar-refractivity contribution in [2.75, 3.05) is 26.3 Å². The van der Waals surface area contributed by atoms with Crippen molar-refractivity contribution in [3.8, 4) is 5.75 Å². The Labute approximate surface area is 159 Å². The highest BCUT2D eigenvalue weighted by atomic mass is 16.5. The molecule has 0 bridgehead atoms. The number of ether oxygens (including phenoxy) is 2. The van der Waals surface area contributed by atoms with Crippen LogP contribution in [-0.2, 0) is 9.53 Å². The highest BCUT2D eigenvalue weighted by Gasteiger charge is 2.27. The molecule has 1 aromatic carbocycles. The van der Waals surface area contributed by atoms with Crippen LogP contribution in [0.5, 0.6) is 5.75 Å². The number of rotatable bonds is 5. The van der Waals surface area contributed by atoms with Gasteiger partial charge in [0, 0.05) is 24.0 Å². The number of amides is 1. The van der Waals surface area contributed by atoms with Crippen LogP contribution in [0.3, 0.4) is 0 Å². The van der Waals surface area contributed by atoms with E-state index in [9.17, 15) is 9.59 Å². The molecule has 3 rings (SSSR count). The summed E-state index contributed by atoms with van der Waals surface area (Å²) in [6.45, 7) is 9.71. The van der Waals surface area contributed by atoms with E-state index in [1.165, 1.54) is 0 Å². The molecule has 27 heavy (non-hydrogen) atoms. The third-order valence-electron chi connectivity index (χ3n) is 4.95. The van der Waals surface area contributed by atoms with Gasteiger partial charge in [-0.05, 0) is 50.3 Å². The van der Waals surface area contributed by atoms with E-state index >= 15 is 0 Å². The molecule has 146 valence electrons. The molecule has 0 aliphatic carbocycles. The molecule has 1 aliphatic heterocycles. The second-order valence-corrected chi connectivity index (χ2v) is 7.47. The zero-order valence-electron chi connectivity index (χ0n) is 16.4. The van der Waals surface area contributed by atoms with Gasteiger partial charge in [0.15, 0.2) is 6.61 Å².